The Morgan fingerprint density at radius 2 is 1.93 bits per heavy atom. The molecule has 0 aliphatic rings. The molecule has 1 nitrogen and oxygen atoms in total. The van der Waals surface area contributed by atoms with Crippen LogP contribution >= 0.6 is 31.9 Å². The minimum absolute atomic E-state index is 0.0498. The molecular weight excluding hydrogens is 318 g/mol. The Morgan fingerprint density at radius 3 is 2.47 bits per heavy atom. The number of nitrogens with zero attached hydrogens (tertiary/aromatic N) is 1. The average molecular weight is 333 g/mol. The average Bonchev–Trinajstić information content (AvgIpc) is 2.21. The van der Waals surface area contributed by atoms with Crippen molar-refractivity contribution in [3.05, 3.63) is 35.4 Å². The van der Waals surface area contributed by atoms with Crippen LogP contribution in [-0.4, -0.2) is 22.4 Å². The van der Waals surface area contributed by atoms with Crippen molar-refractivity contribution in [2.45, 2.75) is 18.2 Å². The van der Waals surface area contributed by atoms with Crippen molar-refractivity contribution in [2.75, 3.05) is 11.9 Å². The van der Waals surface area contributed by atoms with Gasteiger partial charge in [-0.25, -0.2) is 0 Å². The van der Waals surface area contributed by atoms with Gasteiger partial charge in [-0.15, -0.1) is 0 Å². The number of alkyl halides is 2. The molecule has 0 fully saturated rings. The van der Waals surface area contributed by atoms with E-state index in [-0.39, 0.29) is 4.32 Å². The van der Waals surface area contributed by atoms with Gasteiger partial charge in [0.15, 0.2) is 0 Å². The summed E-state index contributed by atoms with van der Waals surface area (Å²) in [6, 6.07) is 8.36. The Labute approximate surface area is 108 Å². The van der Waals surface area contributed by atoms with Gasteiger partial charge in [-0.2, -0.15) is 0 Å². The topological polar surface area (TPSA) is 12.4 Å². The quantitative estimate of drug-likeness (QED) is 0.584. The molecule has 3 heteroatoms. The van der Waals surface area contributed by atoms with Crippen LogP contribution in [0.3, 0.4) is 0 Å². The van der Waals surface area contributed by atoms with Crippen LogP contribution in [0.2, 0.25) is 0 Å². The molecular formula is C12H15Br2N. The number of aryl methyl sites for hydroxylation is 1. The molecule has 1 unspecified atom stereocenters. The van der Waals surface area contributed by atoms with Gasteiger partial charge in [0.05, 0.1) is 10.9 Å². The first-order chi connectivity index (χ1) is 7.03. The Bertz CT molecular complexity index is 328. The first-order valence-corrected chi connectivity index (χ1v) is 6.76. The molecule has 82 valence electrons. The van der Waals surface area contributed by atoms with Crippen molar-refractivity contribution in [3.63, 3.8) is 0 Å². The molecule has 1 rings (SSSR count). The summed E-state index contributed by atoms with van der Waals surface area (Å²) in [5.74, 6) is 0. The molecule has 0 amide bonds. The molecule has 0 spiro atoms. The fraction of sp³-hybridized carbons (Fsp3) is 0.417. The van der Waals surface area contributed by atoms with Crippen molar-refractivity contribution >= 4 is 38.1 Å². The normalized spacial score (nSPS) is 15.5. The van der Waals surface area contributed by atoms with Crippen molar-refractivity contribution in [3.8, 4) is 0 Å². The van der Waals surface area contributed by atoms with E-state index in [9.17, 15) is 0 Å². The molecule has 0 saturated carbocycles. The second-order valence-corrected chi connectivity index (χ2v) is 6.40. The van der Waals surface area contributed by atoms with E-state index in [1.807, 2.05) is 6.21 Å². The third-order valence-corrected chi connectivity index (χ3v) is 4.54. The highest BCUT2D eigenvalue weighted by Crippen LogP contribution is 2.19. The molecule has 15 heavy (non-hydrogen) atoms. The predicted molar refractivity (Wildman–Crippen MR) is 74.8 cm³/mol. The van der Waals surface area contributed by atoms with Crippen LogP contribution in [0.1, 0.15) is 18.1 Å². The molecule has 0 heterocycles. The SMILES string of the molecule is Cc1ccc(C=NCC(C)(Br)CBr)cc1. The minimum atomic E-state index is 0.0498. The number of rotatable bonds is 4. The lowest BCUT2D eigenvalue weighted by Gasteiger charge is -2.15. The van der Waals surface area contributed by atoms with E-state index in [4.69, 9.17) is 0 Å². The smallest absolute Gasteiger partial charge is 0.0548 e. The summed E-state index contributed by atoms with van der Waals surface area (Å²) in [5, 5.41) is 0.894. The monoisotopic (exact) mass is 331 g/mol. The summed E-state index contributed by atoms with van der Waals surface area (Å²) in [6.45, 7) is 4.97. The van der Waals surface area contributed by atoms with Crippen LogP contribution < -0.4 is 0 Å². The second-order valence-electron chi connectivity index (χ2n) is 3.93. The molecule has 0 bridgehead atoms. The Balaban J connectivity index is 2.55. The van der Waals surface area contributed by atoms with E-state index in [0.717, 1.165) is 17.4 Å². The van der Waals surface area contributed by atoms with Gasteiger partial charge in [-0.05, 0) is 19.4 Å². The fourth-order valence-electron chi connectivity index (χ4n) is 1.04. The van der Waals surface area contributed by atoms with Gasteiger partial charge in [-0.3, -0.25) is 4.99 Å². The summed E-state index contributed by atoms with van der Waals surface area (Å²) >= 11 is 7.05. The van der Waals surface area contributed by atoms with Gasteiger partial charge in [-0.1, -0.05) is 61.7 Å². The van der Waals surface area contributed by atoms with Gasteiger partial charge in [0.25, 0.3) is 0 Å². The van der Waals surface area contributed by atoms with Crippen molar-refractivity contribution < 1.29 is 0 Å². The fourth-order valence-corrected chi connectivity index (χ4v) is 1.36. The van der Waals surface area contributed by atoms with Gasteiger partial charge in [0, 0.05) is 11.5 Å². The third-order valence-electron chi connectivity index (χ3n) is 2.02. The van der Waals surface area contributed by atoms with Gasteiger partial charge in [0.1, 0.15) is 0 Å². The second kappa shape index (κ2) is 5.80. The Kier molecular flexibility index (Phi) is 5.00. The van der Waals surface area contributed by atoms with E-state index >= 15 is 0 Å². The van der Waals surface area contributed by atoms with Crippen LogP contribution in [0.25, 0.3) is 0 Å². The number of hydrogen-bond acceptors (Lipinski definition) is 1. The van der Waals surface area contributed by atoms with Crippen LogP contribution in [0.15, 0.2) is 29.3 Å². The third kappa shape index (κ3) is 4.94. The summed E-state index contributed by atoms with van der Waals surface area (Å²) < 4.78 is 0.0498. The lowest BCUT2D eigenvalue weighted by molar-refractivity contribution is 0.759. The molecule has 1 atom stereocenters. The zero-order chi connectivity index (χ0) is 11.3. The summed E-state index contributed by atoms with van der Waals surface area (Å²) in [7, 11) is 0. The summed E-state index contributed by atoms with van der Waals surface area (Å²) in [5.41, 5.74) is 2.43. The number of benzene rings is 1. The lowest BCUT2D eigenvalue weighted by atomic mass is 10.2. The number of hydrogen-bond donors (Lipinski definition) is 0. The Morgan fingerprint density at radius 1 is 1.33 bits per heavy atom. The van der Waals surface area contributed by atoms with Crippen molar-refractivity contribution in [1.82, 2.24) is 0 Å². The van der Waals surface area contributed by atoms with E-state index in [2.05, 4.69) is 75.0 Å². The highest BCUT2D eigenvalue weighted by Gasteiger charge is 2.16. The summed E-state index contributed by atoms with van der Waals surface area (Å²) in [4.78, 5) is 4.41. The molecule has 1 aromatic carbocycles. The largest absolute Gasteiger partial charge is 0.291 e. The van der Waals surface area contributed by atoms with E-state index in [0.29, 0.717) is 0 Å². The molecule has 0 aliphatic heterocycles. The van der Waals surface area contributed by atoms with Gasteiger partial charge in [0.2, 0.25) is 0 Å². The van der Waals surface area contributed by atoms with E-state index in [1.54, 1.807) is 0 Å². The Hall–Kier alpha value is -0.150. The van der Waals surface area contributed by atoms with Crippen LogP contribution in [-0.2, 0) is 0 Å². The van der Waals surface area contributed by atoms with Gasteiger partial charge >= 0.3 is 0 Å². The van der Waals surface area contributed by atoms with Crippen LogP contribution in [0.4, 0.5) is 0 Å². The number of halogens is 2. The predicted octanol–water partition coefficient (Wildman–Crippen LogP) is 3.96. The zero-order valence-corrected chi connectivity index (χ0v) is 12.2. The van der Waals surface area contributed by atoms with Crippen LogP contribution in [0, 0.1) is 6.92 Å². The molecule has 0 aromatic heterocycles. The zero-order valence-electron chi connectivity index (χ0n) is 9.00. The maximum atomic E-state index is 4.41. The van der Waals surface area contributed by atoms with Gasteiger partial charge < -0.3 is 0 Å². The van der Waals surface area contributed by atoms with E-state index in [1.165, 1.54) is 5.56 Å². The maximum absolute atomic E-state index is 4.41. The molecule has 0 aliphatic carbocycles. The van der Waals surface area contributed by atoms with E-state index < -0.39 is 0 Å². The highest BCUT2D eigenvalue weighted by atomic mass is 79.9. The summed E-state index contributed by atoms with van der Waals surface area (Å²) in [6.07, 6.45) is 1.92. The maximum Gasteiger partial charge on any atom is 0.0548 e. The minimum Gasteiger partial charge on any atom is -0.291 e. The standard InChI is InChI=1S/C12H15Br2N/c1-10-3-5-11(6-4-10)7-15-9-12(2,14)8-13/h3-7H,8-9H2,1-2H3. The lowest BCUT2D eigenvalue weighted by Crippen LogP contribution is -2.21. The molecule has 0 radical (unpaired) electrons. The van der Waals surface area contributed by atoms with Crippen molar-refractivity contribution in [2.24, 2.45) is 4.99 Å². The first-order valence-electron chi connectivity index (χ1n) is 4.85. The highest BCUT2D eigenvalue weighted by molar-refractivity contribution is 9.12. The molecule has 0 N–H and O–H groups in total. The van der Waals surface area contributed by atoms with Crippen molar-refractivity contribution in [1.29, 1.82) is 0 Å². The first kappa shape index (κ1) is 12.9. The molecule has 1 aromatic rings. The molecule has 0 saturated heterocycles. The van der Waals surface area contributed by atoms with Crippen LogP contribution in [0.5, 0.6) is 0 Å². The number of aliphatic imine (C=N–C) groups is 1.